The number of ketones is 1. The Morgan fingerprint density at radius 3 is 2.56 bits per heavy atom. The third-order valence-electron chi connectivity index (χ3n) is 3.72. The van der Waals surface area contributed by atoms with E-state index in [1.807, 2.05) is 0 Å². The lowest BCUT2D eigenvalue weighted by Crippen LogP contribution is -2.34. The van der Waals surface area contributed by atoms with Crippen molar-refractivity contribution in [3.05, 3.63) is 34.9 Å². The van der Waals surface area contributed by atoms with Crippen LogP contribution in [0.1, 0.15) is 41.4 Å². The fraction of sp³-hybridized carbons (Fsp3) is 0.462. The Morgan fingerprint density at radius 2 is 1.94 bits per heavy atom. The predicted molar refractivity (Wildman–Crippen MR) is 57.2 cm³/mol. The highest BCUT2D eigenvalue weighted by molar-refractivity contribution is 6.03. The Kier molecular flexibility index (Phi) is 2.05. The smallest absolute Gasteiger partial charge is 0.363 e. The topological polar surface area (TPSA) is 29.6 Å². The van der Waals surface area contributed by atoms with Crippen LogP contribution in [0.5, 0.6) is 0 Å². The number of halogens is 3. The number of alkyl halides is 3. The zero-order valence-corrected chi connectivity index (χ0v) is 9.84. The van der Waals surface area contributed by atoms with E-state index in [0.717, 1.165) is 12.1 Å². The van der Waals surface area contributed by atoms with Gasteiger partial charge in [0.25, 0.3) is 0 Å². The maximum atomic E-state index is 12.6. The maximum Gasteiger partial charge on any atom is 0.416 e. The second-order valence-electron chi connectivity index (χ2n) is 5.33. The highest BCUT2D eigenvalue weighted by Crippen LogP contribution is 2.55. The van der Waals surface area contributed by atoms with Crippen LogP contribution in [0, 0.1) is 5.41 Å². The van der Waals surface area contributed by atoms with E-state index in [9.17, 15) is 18.0 Å². The van der Waals surface area contributed by atoms with Gasteiger partial charge in [0.15, 0.2) is 5.78 Å². The monoisotopic (exact) mass is 256 g/mol. The minimum absolute atomic E-state index is 0.148. The van der Waals surface area contributed by atoms with Gasteiger partial charge in [-0.2, -0.15) is 13.2 Å². The van der Waals surface area contributed by atoms with Gasteiger partial charge in [0.1, 0.15) is 12.2 Å². The van der Waals surface area contributed by atoms with Crippen LogP contribution in [0.15, 0.2) is 18.2 Å². The molecular formula is C13H11F3O2. The molecule has 0 bridgehead atoms. The van der Waals surface area contributed by atoms with E-state index in [2.05, 4.69) is 0 Å². The Balaban J connectivity index is 2.13. The van der Waals surface area contributed by atoms with Crippen LogP contribution in [0.3, 0.4) is 0 Å². The number of hydrogen-bond acceptors (Lipinski definition) is 2. The van der Waals surface area contributed by atoms with Gasteiger partial charge in [-0.3, -0.25) is 4.79 Å². The molecule has 1 heterocycles. The van der Waals surface area contributed by atoms with Crippen molar-refractivity contribution in [2.45, 2.75) is 32.2 Å². The van der Waals surface area contributed by atoms with Crippen LogP contribution in [-0.2, 0) is 10.9 Å². The van der Waals surface area contributed by atoms with Gasteiger partial charge in [0.2, 0.25) is 0 Å². The van der Waals surface area contributed by atoms with Crippen molar-refractivity contribution < 1.29 is 22.7 Å². The highest BCUT2D eigenvalue weighted by atomic mass is 19.4. The molecule has 5 heteroatoms. The SMILES string of the molecule is CC1(C)C(=O)c2ccc(C(F)(F)F)cc2[C@@H]2O[C@H]21. The third kappa shape index (κ3) is 1.43. The molecule has 0 radical (unpaired) electrons. The van der Waals surface area contributed by atoms with Crippen LogP contribution in [0.2, 0.25) is 0 Å². The van der Waals surface area contributed by atoms with Gasteiger partial charge < -0.3 is 4.74 Å². The first-order valence-electron chi connectivity index (χ1n) is 5.64. The summed E-state index contributed by atoms with van der Waals surface area (Å²) < 4.78 is 43.2. The Labute approximate surface area is 102 Å². The molecule has 1 aromatic carbocycles. The van der Waals surface area contributed by atoms with E-state index in [0.29, 0.717) is 11.1 Å². The largest absolute Gasteiger partial charge is 0.416 e. The average Bonchev–Trinajstić information content (AvgIpc) is 3.05. The Hall–Kier alpha value is -1.36. The van der Waals surface area contributed by atoms with E-state index in [4.69, 9.17) is 4.74 Å². The zero-order chi connectivity index (χ0) is 13.3. The molecule has 2 aliphatic rings. The molecule has 0 amide bonds. The van der Waals surface area contributed by atoms with Crippen molar-refractivity contribution in [1.82, 2.24) is 0 Å². The minimum Gasteiger partial charge on any atom is -0.363 e. The molecule has 0 aromatic heterocycles. The first-order valence-corrected chi connectivity index (χ1v) is 5.64. The van der Waals surface area contributed by atoms with Crippen molar-refractivity contribution in [1.29, 1.82) is 0 Å². The molecule has 1 aliphatic carbocycles. The van der Waals surface area contributed by atoms with E-state index in [1.54, 1.807) is 13.8 Å². The number of rotatable bonds is 0. The lowest BCUT2D eigenvalue weighted by atomic mass is 9.73. The number of epoxide rings is 1. The van der Waals surface area contributed by atoms with Crippen LogP contribution < -0.4 is 0 Å². The fourth-order valence-corrected chi connectivity index (χ4v) is 2.56. The van der Waals surface area contributed by atoms with E-state index < -0.39 is 17.2 Å². The van der Waals surface area contributed by atoms with Crippen LogP contribution in [0.25, 0.3) is 0 Å². The average molecular weight is 256 g/mol. The number of Topliss-reactive ketones (excluding diaryl/α,β-unsaturated/α-hetero) is 1. The van der Waals surface area contributed by atoms with E-state index in [1.165, 1.54) is 6.07 Å². The molecule has 0 saturated carbocycles. The number of ether oxygens (including phenoxy) is 1. The molecule has 96 valence electrons. The molecule has 18 heavy (non-hydrogen) atoms. The van der Waals surface area contributed by atoms with Gasteiger partial charge in [-0.05, 0) is 31.5 Å². The number of carbonyl (C=O) groups excluding carboxylic acids is 1. The fourth-order valence-electron chi connectivity index (χ4n) is 2.56. The summed E-state index contributed by atoms with van der Waals surface area (Å²) in [5.41, 5.74) is -0.661. The van der Waals surface area contributed by atoms with Gasteiger partial charge in [-0.25, -0.2) is 0 Å². The molecule has 1 fully saturated rings. The highest BCUT2D eigenvalue weighted by Gasteiger charge is 2.59. The lowest BCUT2D eigenvalue weighted by Gasteiger charge is -2.26. The van der Waals surface area contributed by atoms with Gasteiger partial charge in [0.05, 0.1) is 11.0 Å². The summed E-state index contributed by atoms with van der Waals surface area (Å²) in [5.74, 6) is -0.148. The van der Waals surface area contributed by atoms with Crippen molar-refractivity contribution in [3.8, 4) is 0 Å². The molecule has 3 rings (SSSR count). The summed E-state index contributed by atoms with van der Waals surface area (Å²) in [7, 11) is 0. The number of fused-ring (bicyclic) bond motifs is 3. The van der Waals surface area contributed by atoms with Crippen molar-refractivity contribution in [2.75, 3.05) is 0 Å². The summed E-state index contributed by atoms with van der Waals surface area (Å²) >= 11 is 0. The molecule has 0 unspecified atom stereocenters. The second kappa shape index (κ2) is 3.15. The quantitative estimate of drug-likeness (QED) is 0.666. The molecule has 1 aliphatic heterocycles. The van der Waals surface area contributed by atoms with Crippen molar-refractivity contribution in [2.24, 2.45) is 5.41 Å². The second-order valence-corrected chi connectivity index (χ2v) is 5.33. The number of carbonyl (C=O) groups is 1. The van der Waals surface area contributed by atoms with E-state index in [-0.39, 0.29) is 18.0 Å². The minimum atomic E-state index is -4.39. The van der Waals surface area contributed by atoms with Gasteiger partial charge >= 0.3 is 6.18 Å². The van der Waals surface area contributed by atoms with Gasteiger partial charge in [-0.15, -0.1) is 0 Å². The summed E-state index contributed by atoms with van der Waals surface area (Å²) in [5, 5.41) is 0. The predicted octanol–water partition coefficient (Wildman–Crippen LogP) is 3.37. The lowest BCUT2D eigenvalue weighted by molar-refractivity contribution is -0.137. The van der Waals surface area contributed by atoms with E-state index >= 15 is 0 Å². The Bertz CT molecular complexity index is 546. The molecule has 2 nitrogen and oxygen atoms in total. The van der Waals surface area contributed by atoms with Crippen molar-refractivity contribution >= 4 is 5.78 Å². The maximum absolute atomic E-state index is 12.6. The van der Waals surface area contributed by atoms with Gasteiger partial charge in [0, 0.05) is 5.56 Å². The molecule has 1 aromatic rings. The van der Waals surface area contributed by atoms with Crippen LogP contribution in [0.4, 0.5) is 13.2 Å². The molecule has 2 atom stereocenters. The summed E-state index contributed by atoms with van der Waals surface area (Å²) in [6, 6.07) is 3.25. The third-order valence-corrected chi connectivity index (χ3v) is 3.72. The molecule has 0 spiro atoms. The van der Waals surface area contributed by atoms with Crippen molar-refractivity contribution in [3.63, 3.8) is 0 Å². The Morgan fingerprint density at radius 1 is 1.28 bits per heavy atom. The normalized spacial score (nSPS) is 28.6. The molecular weight excluding hydrogens is 245 g/mol. The van der Waals surface area contributed by atoms with Gasteiger partial charge in [-0.1, -0.05) is 6.07 Å². The number of benzene rings is 1. The molecule has 0 N–H and O–H groups in total. The van der Waals surface area contributed by atoms with Crippen LogP contribution >= 0.6 is 0 Å². The van der Waals surface area contributed by atoms with Crippen LogP contribution in [-0.4, -0.2) is 11.9 Å². The molecule has 1 saturated heterocycles. The summed E-state index contributed by atoms with van der Waals surface area (Å²) in [6.07, 6.45) is -5.05. The first kappa shape index (κ1) is 11.7. The standard InChI is InChI=1S/C13H11F3O2/c1-12(2)10(17)7-4-3-6(13(14,15)16)5-8(7)9-11(12)18-9/h3-5,9,11H,1-2H3/t9-,11+/m0/s1. The number of hydrogen-bond donors (Lipinski definition) is 0. The summed E-state index contributed by atoms with van der Waals surface area (Å²) in [4.78, 5) is 12.2. The first-order chi connectivity index (χ1) is 8.23. The zero-order valence-electron chi connectivity index (χ0n) is 9.84. The summed E-state index contributed by atoms with van der Waals surface area (Å²) in [6.45, 7) is 3.53.